The van der Waals surface area contributed by atoms with Gasteiger partial charge in [0.25, 0.3) is 0 Å². The average Bonchev–Trinajstić information content (AvgIpc) is 2.44. The molecule has 1 heterocycles. The van der Waals surface area contributed by atoms with E-state index in [2.05, 4.69) is 5.32 Å². The normalized spacial score (nSPS) is 20.4. The molecule has 7 heteroatoms. The van der Waals surface area contributed by atoms with Crippen LogP contribution in [-0.2, 0) is 14.3 Å². The third-order valence-electron chi connectivity index (χ3n) is 2.96. The Morgan fingerprint density at radius 1 is 1.40 bits per heavy atom. The van der Waals surface area contributed by atoms with E-state index in [1.54, 1.807) is 11.8 Å². The van der Waals surface area contributed by atoms with E-state index >= 15 is 0 Å². The maximum atomic E-state index is 11.9. The minimum Gasteiger partial charge on any atom is -0.369 e. The van der Waals surface area contributed by atoms with E-state index in [4.69, 9.17) is 10.5 Å². The largest absolute Gasteiger partial charge is 0.369 e. The molecule has 0 aromatic heterocycles. The first-order valence-corrected chi connectivity index (χ1v) is 9.20. The Kier molecular flexibility index (Phi) is 9.13. The van der Waals surface area contributed by atoms with E-state index in [0.717, 1.165) is 31.6 Å². The Morgan fingerprint density at radius 2 is 2.20 bits per heavy atom. The van der Waals surface area contributed by atoms with Crippen LogP contribution in [0.2, 0.25) is 0 Å². The zero-order chi connectivity index (χ0) is 14.8. The molecule has 1 saturated heterocycles. The molecule has 20 heavy (non-hydrogen) atoms. The molecule has 5 nitrogen and oxygen atoms in total. The zero-order valence-corrected chi connectivity index (χ0v) is 13.6. The predicted octanol–water partition coefficient (Wildman–Crippen LogP) is 1.36. The highest BCUT2D eigenvalue weighted by molar-refractivity contribution is 8.00. The molecule has 2 amide bonds. The maximum absolute atomic E-state index is 11.9. The topological polar surface area (TPSA) is 81.4 Å². The van der Waals surface area contributed by atoms with Crippen molar-refractivity contribution in [2.24, 2.45) is 5.73 Å². The first-order chi connectivity index (χ1) is 9.61. The molecule has 0 bridgehead atoms. The van der Waals surface area contributed by atoms with Crippen molar-refractivity contribution >= 4 is 35.3 Å². The summed E-state index contributed by atoms with van der Waals surface area (Å²) in [6.45, 7) is 2.83. The molecule has 1 aliphatic heterocycles. The lowest BCUT2D eigenvalue weighted by Crippen LogP contribution is -2.38. The van der Waals surface area contributed by atoms with E-state index in [9.17, 15) is 9.59 Å². The molecule has 1 rings (SSSR count). The number of rotatable bonds is 9. The van der Waals surface area contributed by atoms with Crippen molar-refractivity contribution in [3.05, 3.63) is 0 Å². The summed E-state index contributed by atoms with van der Waals surface area (Å²) in [4.78, 5) is 22.5. The molecule has 0 spiro atoms. The van der Waals surface area contributed by atoms with Crippen molar-refractivity contribution in [1.29, 1.82) is 0 Å². The summed E-state index contributed by atoms with van der Waals surface area (Å²) in [5.74, 6) is 1.17. The Bertz CT molecular complexity index is 310. The van der Waals surface area contributed by atoms with E-state index in [-0.39, 0.29) is 23.3 Å². The summed E-state index contributed by atoms with van der Waals surface area (Å²) in [7, 11) is 0. The number of thioether (sulfide) groups is 2. The number of carbonyl (C=O) groups is 2. The van der Waals surface area contributed by atoms with Crippen LogP contribution in [0.4, 0.5) is 0 Å². The Balaban J connectivity index is 2.15. The van der Waals surface area contributed by atoms with Gasteiger partial charge < -0.3 is 15.8 Å². The van der Waals surface area contributed by atoms with E-state index in [1.165, 1.54) is 18.2 Å². The molecule has 0 aromatic rings. The van der Waals surface area contributed by atoms with Crippen LogP contribution in [-0.4, -0.2) is 47.2 Å². The number of hydrogen-bond donors (Lipinski definition) is 2. The van der Waals surface area contributed by atoms with Gasteiger partial charge in [-0.1, -0.05) is 6.92 Å². The number of ether oxygens (including phenoxy) is 1. The van der Waals surface area contributed by atoms with Gasteiger partial charge in [0, 0.05) is 18.4 Å². The van der Waals surface area contributed by atoms with Gasteiger partial charge in [-0.05, 0) is 25.7 Å². The summed E-state index contributed by atoms with van der Waals surface area (Å²) in [6, 6.07) is 0.0970. The van der Waals surface area contributed by atoms with Crippen LogP contribution in [0.25, 0.3) is 0 Å². The van der Waals surface area contributed by atoms with Crippen molar-refractivity contribution in [1.82, 2.24) is 5.32 Å². The van der Waals surface area contributed by atoms with Crippen LogP contribution in [0.1, 0.15) is 32.6 Å². The molecule has 2 atom stereocenters. The number of carbonyl (C=O) groups excluding carboxylic acids is 2. The fraction of sp³-hybridized carbons (Fsp3) is 0.846. The minimum atomic E-state index is -0.318. The van der Waals surface area contributed by atoms with Gasteiger partial charge in [-0.3, -0.25) is 9.59 Å². The summed E-state index contributed by atoms with van der Waals surface area (Å²) in [5, 5.41) is 2.99. The van der Waals surface area contributed by atoms with Crippen LogP contribution >= 0.6 is 23.5 Å². The smallest absolute Gasteiger partial charge is 0.230 e. The van der Waals surface area contributed by atoms with Crippen molar-refractivity contribution in [2.75, 3.05) is 23.9 Å². The Morgan fingerprint density at radius 3 is 2.80 bits per heavy atom. The molecule has 1 fully saturated rings. The van der Waals surface area contributed by atoms with Gasteiger partial charge in [-0.2, -0.15) is 0 Å². The molecule has 2 unspecified atom stereocenters. The summed E-state index contributed by atoms with van der Waals surface area (Å²) >= 11 is 3.03. The summed E-state index contributed by atoms with van der Waals surface area (Å²) in [5.41, 5.74) is 5.25. The number of nitrogens with one attached hydrogen (secondary N) is 1. The van der Waals surface area contributed by atoms with Gasteiger partial charge in [-0.25, -0.2) is 0 Å². The van der Waals surface area contributed by atoms with Crippen LogP contribution < -0.4 is 11.1 Å². The van der Waals surface area contributed by atoms with Crippen LogP contribution in [0.3, 0.4) is 0 Å². The molecule has 0 radical (unpaired) electrons. The molecule has 0 aromatic carbocycles. The van der Waals surface area contributed by atoms with Crippen molar-refractivity contribution in [3.8, 4) is 0 Å². The molecular weight excluding hydrogens is 296 g/mol. The highest BCUT2D eigenvalue weighted by Gasteiger charge is 2.17. The fourth-order valence-electron chi connectivity index (χ4n) is 1.84. The summed E-state index contributed by atoms with van der Waals surface area (Å²) < 4.78 is 5.58. The number of amides is 2. The van der Waals surface area contributed by atoms with Crippen LogP contribution in [0.5, 0.6) is 0 Å². The van der Waals surface area contributed by atoms with Gasteiger partial charge in [0.2, 0.25) is 11.8 Å². The molecular formula is C13H24N2O3S2. The van der Waals surface area contributed by atoms with Crippen molar-refractivity contribution in [2.45, 2.75) is 44.1 Å². The SMILES string of the molecule is CCC(CSCC(N)=O)NC(=O)CSC1CCCCO1. The minimum absolute atomic E-state index is 0.0377. The Hall–Kier alpha value is -0.400. The molecule has 116 valence electrons. The standard InChI is InChI=1S/C13H24N2O3S2/c1-2-10(7-19-8-11(14)16)15-12(17)9-20-13-5-3-4-6-18-13/h10,13H,2-9H2,1H3,(H2,14,16)(H,15,17). The molecule has 1 aliphatic rings. The second-order valence-corrected chi connectivity index (χ2v) is 6.94. The monoisotopic (exact) mass is 320 g/mol. The van der Waals surface area contributed by atoms with Gasteiger partial charge >= 0.3 is 0 Å². The Labute approximate surface area is 129 Å². The van der Waals surface area contributed by atoms with Crippen molar-refractivity contribution in [3.63, 3.8) is 0 Å². The lowest BCUT2D eigenvalue weighted by atomic mass is 10.2. The second-order valence-electron chi connectivity index (χ2n) is 4.76. The second kappa shape index (κ2) is 10.3. The van der Waals surface area contributed by atoms with Crippen LogP contribution in [0.15, 0.2) is 0 Å². The highest BCUT2D eigenvalue weighted by Crippen LogP contribution is 2.22. The first-order valence-electron chi connectivity index (χ1n) is 7.00. The molecule has 0 saturated carbocycles. The van der Waals surface area contributed by atoms with Gasteiger partial charge in [0.05, 0.1) is 11.5 Å². The third-order valence-corrected chi connectivity index (χ3v) is 5.26. The van der Waals surface area contributed by atoms with Gasteiger partial charge in [0.15, 0.2) is 0 Å². The zero-order valence-electron chi connectivity index (χ0n) is 11.9. The van der Waals surface area contributed by atoms with Gasteiger partial charge in [-0.15, -0.1) is 23.5 Å². The maximum Gasteiger partial charge on any atom is 0.230 e. The lowest BCUT2D eigenvalue weighted by Gasteiger charge is -2.22. The van der Waals surface area contributed by atoms with E-state index < -0.39 is 0 Å². The number of hydrogen-bond acceptors (Lipinski definition) is 5. The quantitative estimate of drug-likeness (QED) is 0.670. The number of primary amides is 1. The predicted molar refractivity (Wildman–Crippen MR) is 84.8 cm³/mol. The lowest BCUT2D eigenvalue weighted by molar-refractivity contribution is -0.119. The van der Waals surface area contributed by atoms with E-state index in [0.29, 0.717) is 11.5 Å². The van der Waals surface area contributed by atoms with Gasteiger partial charge in [0.1, 0.15) is 5.44 Å². The average molecular weight is 320 g/mol. The fourth-order valence-corrected chi connectivity index (χ4v) is 3.71. The van der Waals surface area contributed by atoms with Crippen LogP contribution in [0, 0.1) is 0 Å². The molecule has 0 aliphatic carbocycles. The highest BCUT2D eigenvalue weighted by atomic mass is 32.2. The summed E-state index contributed by atoms with van der Waals surface area (Å²) in [6.07, 6.45) is 4.19. The van der Waals surface area contributed by atoms with Crippen molar-refractivity contribution < 1.29 is 14.3 Å². The molecule has 3 N–H and O–H groups in total. The van der Waals surface area contributed by atoms with E-state index in [1.807, 2.05) is 6.92 Å². The number of nitrogens with two attached hydrogens (primary N) is 1. The third kappa shape index (κ3) is 8.01. The first kappa shape index (κ1) is 17.7.